The summed E-state index contributed by atoms with van der Waals surface area (Å²) >= 11 is 0. The number of nitrogens with one attached hydrogen (secondary N) is 1. The lowest BCUT2D eigenvalue weighted by atomic mass is 10.4. The quantitative estimate of drug-likeness (QED) is 0.735. The van der Waals surface area contributed by atoms with E-state index in [1.807, 2.05) is 46.7 Å². The average Bonchev–Trinajstić information content (AvgIpc) is 2.20. The van der Waals surface area contributed by atoms with E-state index in [4.69, 9.17) is 0 Å². The second-order valence-electron chi connectivity index (χ2n) is 2.23. The van der Waals surface area contributed by atoms with Crippen LogP contribution in [0.4, 0.5) is 0 Å². The van der Waals surface area contributed by atoms with Crippen molar-refractivity contribution >= 4 is 5.91 Å². The van der Waals surface area contributed by atoms with Crippen molar-refractivity contribution in [2.75, 3.05) is 27.7 Å². The highest BCUT2D eigenvalue weighted by Crippen LogP contribution is 1.80. The van der Waals surface area contributed by atoms with E-state index in [1.54, 1.807) is 7.05 Å². The van der Waals surface area contributed by atoms with Crippen molar-refractivity contribution in [3.8, 4) is 0 Å². The summed E-state index contributed by atoms with van der Waals surface area (Å²) in [6, 6.07) is 0. The summed E-state index contributed by atoms with van der Waals surface area (Å²) in [5.41, 5.74) is 0. The van der Waals surface area contributed by atoms with Gasteiger partial charge < -0.3 is 10.2 Å². The Labute approximate surface area is 83.5 Å². The molecule has 0 aliphatic heterocycles. The molecule has 0 bridgehead atoms. The van der Waals surface area contributed by atoms with Crippen molar-refractivity contribution in [2.24, 2.45) is 0 Å². The van der Waals surface area contributed by atoms with E-state index in [2.05, 4.69) is 5.32 Å². The average molecular weight is 190 g/mol. The predicted octanol–water partition coefficient (Wildman–Crippen LogP) is 1.74. The number of amides is 1. The first-order chi connectivity index (χ1) is 6.16. The molecule has 13 heavy (non-hydrogen) atoms. The third kappa shape index (κ3) is 24.6. The summed E-state index contributed by atoms with van der Waals surface area (Å²) in [4.78, 5) is 12.6. The monoisotopic (exact) mass is 190 g/mol. The van der Waals surface area contributed by atoms with Gasteiger partial charge in [-0.05, 0) is 14.1 Å². The van der Waals surface area contributed by atoms with Gasteiger partial charge in [0.15, 0.2) is 0 Å². The van der Waals surface area contributed by atoms with E-state index in [-0.39, 0.29) is 5.91 Å². The molecular weight excluding hydrogens is 164 g/mol. The molecule has 0 aliphatic carbocycles. The predicted molar refractivity (Wildman–Crippen MR) is 59.9 cm³/mol. The van der Waals surface area contributed by atoms with E-state index in [9.17, 15) is 4.79 Å². The Kier molecular flexibility index (Phi) is 24.6. The first-order valence-electron chi connectivity index (χ1n) is 5.02. The second-order valence-corrected chi connectivity index (χ2v) is 2.23. The van der Waals surface area contributed by atoms with Crippen LogP contribution in [0.5, 0.6) is 0 Å². The lowest BCUT2D eigenvalue weighted by Crippen LogP contribution is -2.23. The molecule has 0 aromatic carbocycles. The van der Waals surface area contributed by atoms with Gasteiger partial charge in [0.1, 0.15) is 0 Å². The second kappa shape index (κ2) is 17.5. The Bertz CT molecular complexity index is 92.9. The molecule has 1 amide bonds. The van der Waals surface area contributed by atoms with Crippen molar-refractivity contribution in [3.05, 3.63) is 0 Å². The van der Waals surface area contributed by atoms with Crippen LogP contribution in [0.1, 0.15) is 34.1 Å². The van der Waals surface area contributed by atoms with Gasteiger partial charge in [-0.1, -0.05) is 27.7 Å². The minimum Gasteiger partial charge on any atom is -0.359 e. The highest BCUT2D eigenvalue weighted by atomic mass is 16.1. The van der Waals surface area contributed by atoms with E-state index in [1.165, 1.54) is 0 Å². The van der Waals surface area contributed by atoms with Crippen LogP contribution in [0.25, 0.3) is 0 Å². The van der Waals surface area contributed by atoms with Gasteiger partial charge in [0, 0.05) is 20.0 Å². The minimum atomic E-state index is 0.101. The Morgan fingerprint density at radius 3 is 1.77 bits per heavy atom. The molecule has 3 heteroatoms. The maximum Gasteiger partial charge on any atom is 0.221 e. The standard InChI is InChI=1S/C6H14N2O.2C2H6/c1-7-6(9)4-5-8(2)3;2*1-2/h4-5H2,1-3H3,(H,7,9);2*1-2H3. The first kappa shape index (κ1) is 18.3. The maximum atomic E-state index is 10.6. The van der Waals surface area contributed by atoms with Gasteiger partial charge in [-0.3, -0.25) is 4.79 Å². The smallest absolute Gasteiger partial charge is 0.221 e. The molecular formula is C10H26N2O. The topological polar surface area (TPSA) is 32.3 Å². The van der Waals surface area contributed by atoms with E-state index in [0.29, 0.717) is 6.42 Å². The summed E-state index contributed by atoms with van der Waals surface area (Å²) in [6.45, 7) is 8.82. The lowest BCUT2D eigenvalue weighted by Gasteiger charge is -2.06. The maximum absolute atomic E-state index is 10.6. The fourth-order valence-electron chi connectivity index (χ4n) is 0.450. The van der Waals surface area contributed by atoms with Crippen molar-refractivity contribution in [2.45, 2.75) is 34.1 Å². The van der Waals surface area contributed by atoms with Crippen LogP contribution in [0.2, 0.25) is 0 Å². The van der Waals surface area contributed by atoms with Gasteiger partial charge >= 0.3 is 0 Å². The number of carbonyl (C=O) groups excluding carboxylic acids is 1. The molecule has 0 aliphatic rings. The Morgan fingerprint density at radius 2 is 1.54 bits per heavy atom. The molecule has 0 saturated carbocycles. The van der Waals surface area contributed by atoms with Gasteiger partial charge in [-0.25, -0.2) is 0 Å². The molecule has 3 nitrogen and oxygen atoms in total. The fourth-order valence-corrected chi connectivity index (χ4v) is 0.450. The highest BCUT2D eigenvalue weighted by Gasteiger charge is 1.96. The molecule has 0 aromatic heterocycles. The first-order valence-corrected chi connectivity index (χ1v) is 5.02. The number of carbonyl (C=O) groups is 1. The van der Waals surface area contributed by atoms with E-state index < -0.39 is 0 Å². The summed E-state index contributed by atoms with van der Waals surface area (Å²) in [6.07, 6.45) is 0.587. The van der Waals surface area contributed by atoms with E-state index >= 15 is 0 Å². The van der Waals surface area contributed by atoms with Crippen molar-refractivity contribution in [1.82, 2.24) is 10.2 Å². The largest absolute Gasteiger partial charge is 0.359 e. The third-order valence-electron chi connectivity index (χ3n) is 1.06. The Hall–Kier alpha value is -0.570. The molecule has 0 atom stereocenters. The van der Waals surface area contributed by atoms with Gasteiger partial charge in [-0.15, -0.1) is 0 Å². The molecule has 1 N–H and O–H groups in total. The van der Waals surface area contributed by atoms with Crippen molar-refractivity contribution < 1.29 is 4.79 Å². The molecule has 0 radical (unpaired) electrons. The summed E-state index contributed by atoms with van der Waals surface area (Å²) in [7, 11) is 5.55. The zero-order valence-electron chi connectivity index (χ0n) is 10.3. The van der Waals surface area contributed by atoms with Crippen molar-refractivity contribution in [3.63, 3.8) is 0 Å². The molecule has 0 saturated heterocycles. The van der Waals surface area contributed by atoms with Crippen LogP contribution in [0.3, 0.4) is 0 Å². The number of rotatable bonds is 3. The molecule has 0 unspecified atom stereocenters. The van der Waals surface area contributed by atoms with Gasteiger partial charge in [0.05, 0.1) is 0 Å². The minimum absolute atomic E-state index is 0.101. The SMILES string of the molecule is CC.CC.CNC(=O)CCN(C)C. The summed E-state index contributed by atoms with van der Waals surface area (Å²) < 4.78 is 0. The van der Waals surface area contributed by atoms with Gasteiger partial charge in [-0.2, -0.15) is 0 Å². The molecule has 0 aromatic rings. The number of hydrogen-bond donors (Lipinski definition) is 1. The zero-order chi connectivity index (χ0) is 11.3. The van der Waals surface area contributed by atoms with Crippen LogP contribution < -0.4 is 5.32 Å². The Balaban J connectivity index is -0.000000218. The lowest BCUT2D eigenvalue weighted by molar-refractivity contribution is -0.120. The number of nitrogens with zero attached hydrogens (tertiary/aromatic N) is 1. The molecule has 0 heterocycles. The molecule has 82 valence electrons. The molecule has 0 fully saturated rings. The highest BCUT2D eigenvalue weighted by molar-refractivity contribution is 5.75. The van der Waals surface area contributed by atoms with Crippen LogP contribution in [0, 0.1) is 0 Å². The summed E-state index contributed by atoms with van der Waals surface area (Å²) in [5.74, 6) is 0.101. The van der Waals surface area contributed by atoms with Crippen LogP contribution in [-0.2, 0) is 4.79 Å². The fraction of sp³-hybridized carbons (Fsp3) is 0.900. The van der Waals surface area contributed by atoms with Crippen LogP contribution in [-0.4, -0.2) is 38.5 Å². The third-order valence-corrected chi connectivity index (χ3v) is 1.06. The van der Waals surface area contributed by atoms with Crippen molar-refractivity contribution in [1.29, 1.82) is 0 Å². The Morgan fingerprint density at radius 1 is 1.15 bits per heavy atom. The zero-order valence-corrected chi connectivity index (χ0v) is 10.3. The van der Waals surface area contributed by atoms with Crippen LogP contribution >= 0.6 is 0 Å². The normalized spacial score (nSPS) is 7.69. The molecule has 0 rings (SSSR count). The van der Waals surface area contributed by atoms with E-state index in [0.717, 1.165) is 6.54 Å². The number of hydrogen-bond acceptors (Lipinski definition) is 2. The summed E-state index contributed by atoms with van der Waals surface area (Å²) in [5, 5.41) is 2.55. The van der Waals surface area contributed by atoms with Gasteiger partial charge in [0.2, 0.25) is 5.91 Å². The molecule has 0 spiro atoms. The van der Waals surface area contributed by atoms with Crippen LogP contribution in [0.15, 0.2) is 0 Å². The van der Waals surface area contributed by atoms with Gasteiger partial charge in [0.25, 0.3) is 0 Å².